The van der Waals surface area contributed by atoms with Gasteiger partial charge in [0, 0.05) is 25.7 Å². The van der Waals surface area contributed by atoms with Gasteiger partial charge in [-0.05, 0) is 30.3 Å². The van der Waals surface area contributed by atoms with Gasteiger partial charge in [0.05, 0.1) is 12.1 Å². The fourth-order valence-electron chi connectivity index (χ4n) is 2.15. The lowest BCUT2D eigenvalue weighted by atomic mass is 10.2. The molecule has 1 aromatic heterocycles. The molecule has 0 aliphatic carbocycles. The van der Waals surface area contributed by atoms with Crippen LogP contribution in [0.2, 0.25) is 15.1 Å². The van der Waals surface area contributed by atoms with Crippen LogP contribution < -0.4 is 4.74 Å². The average Bonchev–Trinajstić information content (AvgIpc) is 2.90. The van der Waals surface area contributed by atoms with E-state index in [4.69, 9.17) is 44.3 Å². The molecule has 0 spiro atoms. The lowest BCUT2D eigenvalue weighted by Gasteiger charge is -2.06. The average molecular weight is 402 g/mol. The van der Waals surface area contributed by atoms with E-state index in [0.717, 1.165) is 10.1 Å². The zero-order chi connectivity index (χ0) is 17.3. The first-order valence-corrected chi connectivity index (χ1v) is 8.81. The van der Waals surface area contributed by atoms with E-state index in [1.807, 2.05) is 12.1 Å². The van der Waals surface area contributed by atoms with Gasteiger partial charge in [0.25, 0.3) is 0 Å². The number of thiophene rings is 1. The maximum Gasteiger partial charge on any atom is 0.350 e. The molecule has 2 aromatic carbocycles. The van der Waals surface area contributed by atoms with Crippen LogP contribution >= 0.6 is 46.1 Å². The van der Waals surface area contributed by atoms with Crippen LogP contribution in [0.15, 0.2) is 36.4 Å². The maximum absolute atomic E-state index is 12.3. The topological polar surface area (TPSA) is 35.5 Å². The second kappa shape index (κ2) is 7.19. The lowest BCUT2D eigenvalue weighted by Crippen LogP contribution is -2.04. The Balaban J connectivity index is 1.82. The van der Waals surface area contributed by atoms with Gasteiger partial charge in [-0.2, -0.15) is 0 Å². The van der Waals surface area contributed by atoms with Gasteiger partial charge in [0.15, 0.2) is 0 Å². The first kappa shape index (κ1) is 17.4. The van der Waals surface area contributed by atoms with Gasteiger partial charge < -0.3 is 9.47 Å². The highest BCUT2D eigenvalue weighted by molar-refractivity contribution is 7.21. The maximum atomic E-state index is 12.3. The Labute approximate surface area is 157 Å². The predicted molar refractivity (Wildman–Crippen MR) is 99.0 cm³/mol. The molecule has 3 rings (SSSR count). The van der Waals surface area contributed by atoms with Crippen LogP contribution in [-0.4, -0.2) is 13.1 Å². The number of esters is 1. The molecule has 0 bridgehead atoms. The standard InChI is InChI=1S/C17H11Cl3O3S/c1-22-11-4-5-12-14(7-11)24-16(15(12)20)17(21)23-8-9-2-3-10(18)6-13(9)19/h2-7H,8H2,1H3. The van der Waals surface area contributed by atoms with E-state index in [1.54, 1.807) is 31.4 Å². The third kappa shape index (κ3) is 3.47. The number of benzene rings is 2. The number of hydrogen-bond donors (Lipinski definition) is 0. The number of halogens is 3. The van der Waals surface area contributed by atoms with Crippen LogP contribution in [0.3, 0.4) is 0 Å². The van der Waals surface area contributed by atoms with Crippen LogP contribution in [0.1, 0.15) is 15.2 Å². The SMILES string of the molecule is COc1ccc2c(Cl)c(C(=O)OCc3ccc(Cl)cc3Cl)sc2c1. The summed E-state index contributed by atoms with van der Waals surface area (Å²) in [4.78, 5) is 12.7. The van der Waals surface area contributed by atoms with Crippen molar-refractivity contribution < 1.29 is 14.3 Å². The smallest absolute Gasteiger partial charge is 0.350 e. The molecule has 124 valence electrons. The summed E-state index contributed by atoms with van der Waals surface area (Å²) in [5, 5.41) is 2.14. The Hall–Kier alpha value is -1.46. The van der Waals surface area contributed by atoms with E-state index < -0.39 is 5.97 Å². The van der Waals surface area contributed by atoms with Crippen molar-refractivity contribution >= 4 is 62.2 Å². The quantitative estimate of drug-likeness (QED) is 0.486. The van der Waals surface area contributed by atoms with E-state index in [1.165, 1.54) is 11.3 Å². The van der Waals surface area contributed by atoms with Crippen molar-refractivity contribution in [3.63, 3.8) is 0 Å². The molecule has 0 saturated heterocycles. The van der Waals surface area contributed by atoms with Crippen molar-refractivity contribution in [2.75, 3.05) is 7.11 Å². The fourth-order valence-corrected chi connectivity index (χ4v) is 4.04. The third-order valence-corrected chi connectivity index (χ3v) is 5.62. The predicted octanol–water partition coefficient (Wildman–Crippen LogP) is 6.23. The number of methoxy groups -OCH3 is 1. The molecule has 0 fully saturated rings. The fraction of sp³-hybridized carbons (Fsp3) is 0.118. The summed E-state index contributed by atoms with van der Waals surface area (Å²) in [6.45, 7) is 0.0444. The Kier molecular flexibility index (Phi) is 5.21. The van der Waals surface area contributed by atoms with Crippen LogP contribution in [0.4, 0.5) is 0 Å². The number of carbonyl (C=O) groups excluding carboxylic acids is 1. The molecular formula is C17H11Cl3O3S. The van der Waals surface area contributed by atoms with Crippen LogP contribution in [0, 0.1) is 0 Å². The highest BCUT2D eigenvalue weighted by Crippen LogP contribution is 2.37. The van der Waals surface area contributed by atoms with Crippen LogP contribution in [-0.2, 0) is 11.3 Å². The van der Waals surface area contributed by atoms with E-state index in [-0.39, 0.29) is 6.61 Å². The molecule has 0 radical (unpaired) electrons. The van der Waals surface area contributed by atoms with Gasteiger partial charge in [-0.3, -0.25) is 0 Å². The highest BCUT2D eigenvalue weighted by atomic mass is 35.5. The molecule has 7 heteroatoms. The van der Waals surface area contributed by atoms with Crippen molar-refractivity contribution in [1.29, 1.82) is 0 Å². The van der Waals surface area contributed by atoms with Gasteiger partial charge in [-0.15, -0.1) is 11.3 Å². The van der Waals surface area contributed by atoms with Gasteiger partial charge in [0.2, 0.25) is 0 Å². The Morgan fingerprint density at radius 1 is 1.12 bits per heavy atom. The molecule has 3 nitrogen and oxygen atoms in total. The Bertz CT molecular complexity index is 921. The molecule has 1 heterocycles. The summed E-state index contributed by atoms with van der Waals surface area (Å²) in [5.74, 6) is 0.208. The second-order valence-corrected chi connectivity index (χ2v) is 7.19. The van der Waals surface area contributed by atoms with Crippen LogP contribution in [0.5, 0.6) is 5.75 Å². The minimum absolute atomic E-state index is 0.0444. The molecule has 24 heavy (non-hydrogen) atoms. The number of hydrogen-bond acceptors (Lipinski definition) is 4. The van der Waals surface area contributed by atoms with E-state index >= 15 is 0 Å². The molecule has 0 aliphatic rings. The minimum Gasteiger partial charge on any atom is -0.497 e. The van der Waals surface area contributed by atoms with Gasteiger partial charge in [-0.1, -0.05) is 40.9 Å². The first-order valence-electron chi connectivity index (χ1n) is 6.86. The van der Waals surface area contributed by atoms with Crippen molar-refractivity contribution in [2.45, 2.75) is 6.61 Å². The molecule has 0 N–H and O–H groups in total. The van der Waals surface area contributed by atoms with Crippen LogP contribution in [0.25, 0.3) is 10.1 Å². The molecule has 0 unspecified atom stereocenters. The number of ether oxygens (including phenoxy) is 2. The number of carbonyl (C=O) groups is 1. The van der Waals surface area contributed by atoms with E-state index in [2.05, 4.69) is 0 Å². The summed E-state index contributed by atoms with van der Waals surface area (Å²) in [6, 6.07) is 10.5. The largest absolute Gasteiger partial charge is 0.497 e. The van der Waals surface area contributed by atoms with Crippen molar-refractivity contribution in [2.24, 2.45) is 0 Å². The normalized spacial score (nSPS) is 10.8. The van der Waals surface area contributed by atoms with Crippen molar-refractivity contribution in [3.8, 4) is 5.75 Å². The number of fused-ring (bicyclic) bond motifs is 1. The monoisotopic (exact) mass is 400 g/mol. The summed E-state index contributed by atoms with van der Waals surface area (Å²) in [6.07, 6.45) is 0. The summed E-state index contributed by atoms with van der Waals surface area (Å²) >= 11 is 19.5. The van der Waals surface area contributed by atoms with Gasteiger partial charge in [0.1, 0.15) is 17.2 Å². The third-order valence-electron chi connectivity index (χ3n) is 3.40. The minimum atomic E-state index is -0.494. The van der Waals surface area contributed by atoms with E-state index in [0.29, 0.717) is 31.3 Å². The first-order chi connectivity index (χ1) is 11.5. The molecular weight excluding hydrogens is 391 g/mol. The zero-order valence-electron chi connectivity index (χ0n) is 12.4. The zero-order valence-corrected chi connectivity index (χ0v) is 15.5. The summed E-state index contributed by atoms with van der Waals surface area (Å²) < 4.78 is 11.4. The lowest BCUT2D eigenvalue weighted by molar-refractivity contribution is 0.0479. The number of rotatable bonds is 4. The highest BCUT2D eigenvalue weighted by Gasteiger charge is 2.19. The van der Waals surface area contributed by atoms with Gasteiger partial charge >= 0.3 is 5.97 Å². The second-order valence-electron chi connectivity index (χ2n) is 4.92. The van der Waals surface area contributed by atoms with Gasteiger partial charge in [-0.25, -0.2) is 4.79 Å². The molecule has 0 aliphatic heterocycles. The Morgan fingerprint density at radius 2 is 1.92 bits per heavy atom. The molecule has 0 atom stereocenters. The van der Waals surface area contributed by atoms with E-state index in [9.17, 15) is 4.79 Å². The molecule has 0 saturated carbocycles. The Morgan fingerprint density at radius 3 is 2.62 bits per heavy atom. The van der Waals surface area contributed by atoms with Crippen molar-refractivity contribution in [1.82, 2.24) is 0 Å². The van der Waals surface area contributed by atoms with Crippen molar-refractivity contribution in [3.05, 3.63) is 61.9 Å². The summed E-state index contributed by atoms with van der Waals surface area (Å²) in [7, 11) is 1.58. The molecule has 3 aromatic rings. The molecule has 0 amide bonds. The summed E-state index contributed by atoms with van der Waals surface area (Å²) in [5.41, 5.74) is 0.674.